The second-order valence-electron chi connectivity index (χ2n) is 3.06. The van der Waals surface area contributed by atoms with Crippen molar-refractivity contribution in [2.75, 3.05) is 16.8 Å². The summed E-state index contributed by atoms with van der Waals surface area (Å²) < 4.78 is 0. The number of benzene rings is 1. The van der Waals surface area contributed by atoms with Gasteiger partial charge in [0.2, 0.25) is 0 Å². The van der Waals surface area contributed by atoms with Crippen LogP contribution in [0.1, 0.15) is 0 Å². The number of hydrogen-bond donors (Lipinski definition) is 1. The molecule has 0 fully saturated rings. The van der Waals surface area contributed by atoms with Crippen LogP contribution in [0.5, 0.6) is 0 Å². The maximum Gasteiger partial charge on any atom is 0.252 e. The SMILES string of the molecule is O=C(Nc1ccccc1)C1=CCSC1. The first kappa shape index (κ1) is 9.34. The predicted molar refractivity (Wildman–Crippen MR) is 60.5 cm³/mol. The maximum atomic E-state index is 11.6. The van der Waals surface area contributed by atoms with E-state index in [1.165, 1.54) is 0 Å². The van der Waals surface area contributed by atoms with E-state index in [1.54, 1.807) is 11.8 Å². The fourth-order valence-corrected chi connectivity index (χ4v) is 2.18. The number of para-hydroxylation sites is 1. The highest BCUT2D eigenvalue weighted by Gasteiger charge is 2.13. The lowest BCUT2D eigenvalue weighted by Crippen LogP contribution is -2.14. The van der Waals surface area contributed by atoms with Gasteiger partial charge < -0.3 is 5.32 Å². The Balaban J connectivity index is 2.01. The largest absolute Gasteiger partial charge is 0.322 e. The second-order valence-corrected chi connectivity index (χ2v) is 4.09. The molecule has 0 atom stereocenters. The van der Waals surface area contributed by atoms with Crippen molar-refractivity contribution >= 4 is 23.4 Å². The first-order valence-electron chi connectivity index (χ1n) is 4.49. The molecule has 1 aliphatic heterocycles. The molecule has 1 aromatic carbocycles. The molecule has 1 aromatic rings. The fraction of sp³-hybridized carbons (Fsp3) is 0.182. The van der Waals surface area contributed by atoms with Crippen LogP contribution in [0, 0.1) is 0 Å². The van der Waals surface area contributed by atoms with Gasteiger partial charge in [0, 0.05) is 22.8 Å². The highest BCUT2D eigenvalue weighted by atomic mass is 32.2. The minimum atomic E-state index is 0.0289. The number of anilines is 1. The molecule has 0 spiro atoms. The molecule has 0 aliphatic carbocycles. The average molecular weight is 205 g/mol. The van der Waals surface area contributed by atoms with Gasteiger partial charge in [-0.05, 0) is 12.1 Å². The van der Waals surface area contributed by atoms with Gasteiger partial charge in [-0.1, -0.05) is 24.3 Å². The molecule has 0 saturated heterocycles. The molecule has 3 heteroatoms. The fourth-order valence-electron chi connectivity index (χ4n) is 1.28. The smallest absolute Gasteiger partial charge is 0.252 e. The summed E-state index contributed by atoms with van der Waals surface area (Å²) in [5.41, 5.74) is 1.74. The normalized spacial score (nSPS) is 15.0. The summed E-state index contributed by atoms with van der Waals surface area (Å²) in [5.74, 6) is 1.82. The third-order valence-electron chi connectivity index (χ3n) is 2.03. The van der Waals surface area contributed by atoms with Crippen molar-refractivity contribution in [3.05, 3.63) is 42.0 Å². The lowest BCUT2D eigenvalue weighted by atomic mass is 10.2. The van der Waals surface area contributed by atoms with Gasteiger partial charge in [0.05, 0.1) is 0 Å². The summed E-state index contributed by atoms with van der Waals surface area (Å²) in [6, 6.07) is 9.53. The van der Waals surface area contributed by atoms with Crippen LogP contribution in [0.15, 0.2) is 42.0 Å². The molecule has 1 N–H and O–H groups in total. The first-order chi connectivity index (χ1) is 6.86. The highest BCUT2D eigenvalue weighted by Crippen LogP contribution is 2.18. The number of nitrogens with one attached hydrogen (secondary N) is 1. The molecule has 72 valence electrons. The Hall–Kier alpha value is -1.22. The first-order valence-corrected chi connectivity index (χ1v) is 5.65. The monoisotopic (exact) mass is 205 g/mol. The van der Waals surface area contributed by atoms with Crippen LogP contribution in [-0.4, -0.2) is 17.4 Å². The Kier molecular flexibility index (Phi) is 2.89. The topological polar surface area (TPSA) is 29.1 Å². The van der Waals surface area contributed by atoms with E-state index in [0.29, 0.717) is 0 Å². The molecule has 0 bridgehead atoms. The van der Waals surface area contributed by atoms with Gasteiger partial charge in [0.25, 0.3) is 5.91 Å². The highest BCUT2D eigenvalue weighted by molar-refractivity contribution is 7.99. The molecule has 1 amide bonds. The average Bonchev–Trinajstić information content (AvgIpc) is 2.72. The van der Waals surface area contributed by atoms with E-state index in [-0.39, 0.29) is 5.91 Å². The molecule has 2 nitrogen and oxygen atoms in total. The van der Waals surface area contributed by atoms with Gasteiger partial charge in [-0.3, -0.25) is 4.79 Å². The number of rotatable bonds is 2. The van der Waals surface area contributed by atoms with Crippen molar-refractivity contribution < 1.29 is 4.79 Å². The Morgan fingerprint density at radius 2 is 2.07 bits per heavy atom. The van der Waals surface area contributed by atoms with Crippen LogP contribution < -0.4 is 5.32 Å². The van der Waals surface area contributed by atoms with Gasteiger partial charge in [0.1, 0.15) is 0 Å². The van der Waals surface area contributed by atoms with E-state index in [9.17, 15) is 4.79 Å². The number of thioether (sulfide) groups is 1. The molecular formula is C11H11NOS. The molecule has 0 unspecified atom stereocenters. The summed E-state index contributed by atoms with van der Waals surface area (Å²) in [7, 11) is 0. The van der Waals surface area contributed by atoms with E-state index in [0.717, 1.165) is 22.8 Å². The van der Waals surface area contributed by atoms with Crippen molar-refractivity contribution in [2.24, 2.45) is 0 Å². The van der Waals surface area contributed by atoms with Crippen LogP contribution in [-0.2, 0) is 4.79 Å². The Labute approximate surface area is 87.4 Å². The number of amides is 1. The van der Waals surface area contributed by atoms with E-state index in [1.807, 2.05) is 36.4 Å². The van der Waals surface area contributed by atoms with Crippen LogP contribution in [0.2, 0.25) is 0 Å². The molecule has 0 saturated carbocycles. The Morgan fingerprint density at radius 1 is 1.29 bits per heavy atom. The second kappa shape index (κ2) is 4.33. The minimum absolute atomic E-state index is 0.0289. The third-order valence-corrected chi connectivity index (χ3v) is 2.95. The lowest BCUT2D eigenvalue weighted by molar-refractivity contribution is -0.112. The summed E-state index contributed by atoms with van der Waals surface area (Å²) in [5, 5.41) is 2.86. The van der Waals surface area contributed by atoms with Crippen LogP contribution >= 0.6 is 11.8 Å². The maximum absolute atomic E-state index is 11.6. The summed E-state index contributed by atoms with van der Waals surface area (Å²) in [6.07, 6.45) is 1.99. The molecular weight excluding hydrogens is 194 g/mol. The van der Waals surface area contributed by atoms with Crippen molar-refractivity contribution in [3.8, 4) is 0 Å². The van der Waals surface area contributed by atoms with Crippen molar-refractivity contribution in [1.82, 2.24) is 0 Å². The van der Waals surface area contributed by atoms with Gasteiger partial charge in [-0.25, -0.2) is 0 Å². The summed E-state index contributed by atoms with van der Waals surface area (Å²) >= 11 is 1.77. The zero-order chi connectivity index (χ0) is 9.80. The van der Waals surface area contributed by atoms with Crippen molar-refractivity contribution in [2.45, 2.75) is 0 Å². The van der Waals surface area contributed by atoms with Gasteiger partial charge >= 0.3 is 0 Å². The lowest BCUT2D eigenvalue weighted by Gasteiger charge is -2.04. The van der Waals surface area contributed by atoms with E-state index in [2.05, 4.69) is 5.32 Å². The van der Waals surface area contributed by atoms with Crippen LogP contribution in [0.3, 0.4) is 0 Å². The standard InChI is InChI=1S/C11H11NOS/c13-11(9-6-7-14-8-9)12-10-4-2-1-3-5-10/h1-6H,7-8H2,(H,12,13). The van der Waals surface area contributed by atoms with Crippen molar-refractivity contribution in [3.63, 3.8) is 0 Å². The number of carbonyl (C=O) groups excluding carboxylic acids is 1. The predicted octanol–water partition coefficient (Wildman–Crippen LogP) is 2.30. The third kappa shape index (κ3) is 2.17. The zero-order valence-corrected chi connectivity index (χ0v) is 8.51. The summed E-state index contributed by atoms with van der Waals surface area (Å²) in [6.45, 7) is 0. The van der Waals surface area contributed by atoms with E-state index < -0.39 is 0 Å². The van der Waals surface area contributed by atoms with Crippen LogP contribution in [0.25, 0.3) is 0 Å². The summed E-state index contributed by atoms with van der Waals surface area (Å²) in [4.78, 5) is 11.6. The van der Waals surface area contributed by atoms with E-state index >= 15 is 0 Å². The van der Waals surface area contributed by atoms with Crippen LogP contribution in [0.4, 0.5) is 5.69 Å². The number of carbonyl (C=O) groups is 1. The van der Waals surface area contributed by atoms with Crippen molar-refractivity contribution in [1.29, 1.82) is 0 Å². The number of hydrogen-bond acceptors (Lipinski definition) is 2. The quantitative estimate of drug-likeness (QED) is 0.802. The van der Waals surface area contributed by atoms with Gasteiger partial charge in [-0.2, -0.15) is 11.8 Å². The Morgan fingerprint density at radius 3 is 2.71 bits per heavy atom. The van der Waals surface area contributed by atoms with E-state index in [4.69, 9.17) is 0 Å². The molecule has 1 aliphatic rings. The molecule has 2 rings (SSSR count). The van der Waals surface area contributed by atoms with Gasteiger partial charge in [-0.15, -0.1) is 0 Å². The van der Waals surface area contributed by atoms with Gasteiger partial charge in [0.15, 0.2) is 0 Å². The molecule has 0 aromatic heterocycles. The molecule has 1 heterocycles. The molecule has 14 heavy (non-hydrogen) atoms. The minimum Gasteiger partial charge on any atom is -0.322 e. The molecule has 0 radical (unpaired) electrons. The Bertz CT molecular complexity index is 359. The zero-order valence-electron chi connectivity index (χ0n) is 7.69.